The zero-order valence-electron chi connectivity index (χ0n) is 12.7. The monoisotopic (exact) mass is 356 g/mol. The second-order valence-electron chi connectivity index (χ2n) is 5.18. The Morgan fingerprint density at radius 2 is 1.62 bits per heavy atom. The Morgan fingerprint density at radius 1 is 0.917 bits per heavy atom. The highest BCUT2D eigenvalue weighted by molar-refractivity contribution is 6.31. The lowest BCUT2D eigenvalue weighted by Gasteiger charge is -2.22. The summed E-state index contributed by atoms with van der Waals surface area (Å²) in [7, 11) is 0. The van der Waals surface area contributed by atoms with Gasteiger partial charge in [-0.05, 0) is 48.0 Å². The summed E-state index contributed by atoms with van der Waals surface area (Å²) in [5.74, 6) is 0.405. The van der Waals surface area contributed by atoms with Gasteiger partial charge in [0.15, 0.2) is 0 Å². The van der Waals surface area contributed by atoms with Gasteiger partial charge in [0.05, 0.1) is 6.54 Å². The Bertz CT molecular complexity index is 836. The fourth-order valence-corrected chi connectivity index (χ4v) is 2.64. The predicted octanol–water partition coefficient (Wildman–Crippen LogP) is 5.24. The third-order valence-corrected chi connectivity index (χ3v) is 4.17. The first-order valence-corrected chi connectivity index (χ1v) is 8.12. The highest BCUT2D eigenvalue weighted by atomic mass is 35.5. The molecule has 0 bridgehead atoms. The van der Waals surface area contributed by atoms with E-state index in [1.807, 2.05) is 30.3 Å². The van der Waals surface area contributed by atoms with Crippen LogP contribution in [0, 0.1) is 0 Å². The summed E-state index contributed by atoms with van der Waals surface area (Å²) in [5.41, 5.74) is 1.39. The van der Waals surface area contributed by atoms with Crippen molar-refractivity contribution in [1.82, 2.24) is 4.98 Å². The lowest BCUT2D eigenvalue weighted by molar-refractivity contribution is 0.0984. The predicted molar refractivity (Wildman–Crippen MR) is 97.7 cm³/mol. The summed E-state index contributed by atoms with van der Waals surface area (Å²) in [6, 6.07) is 19.7. The van der Waals surface area contributed by atoms with Crippen molar-refractivity contribution in [2.45, 2.75) is 6.54 Å². The van der Waals surface area contributed by atoms with Crippen LogP contribution in [-0.4, -0.2) is 10.9 Å². The van der Waals surface area contributed by atoms with Crippen molar-refractivity contribution in [3.63, 3.8) is 0 Å². The Kier molecular flexibility index (Phi) is 5.14. The number of pyridine rings is 1. The Hall–Kier alpha value is -2.36. The van der Waals surface area contributed by atoms with Gasteiger partial charge in [0.2, 0.25) is 0 Å². The van der Waals surface area contributed by atoms with E-state index in [1.54, 1.807) is 47.5 Å². The van der Waals surface area contributed by atoms with Gasteiger partial charge in [-0.2, -0.15) is 0 Å². The standard InChI is InChI=1S/C19H14Cl2N2O/c20-16-10-8-14(9-11-16)19(24)23(18-7-3-4-12-22-18)13-15-5-1-2-6-17(15)21/h1-12H,13H2. The summed E-state index contributed by atoms with van der Waals surface area (Å²) in [4.78, 5) is 18.9. The first-order valence-electron chi connectivity index (χ1n) is 7.37. The average molecular weight is 357 g/mol. The van der Waals surface area contributed by atoms with Crippen LogP contribution in [0.25, 0.3) is 0 Å². The third kappa shape index (κ3) is 3.75. The van der Waals surface area contributed by atoms with Gasteiger partial charge in [0, 0.05) is 21.8 Å². The zero-order valence-corrected chi connectivity index (χ0v) is 14.2. The van der Waals surface area contributed by atoms with Crippen molar-refractivity contribution in [3.8, 4) is 0 Å². The molecule has 0 saturated heterocycles. The summed E-state index contributed by atoms with van der Waals surface area (Å²) in [6.45, 7) is 0.331. The van der Waals surface area contributed by atoms with E-state index in [0.29, 0.717) is 28.0 Å². The highest BCUT2D eigenvalue weighted by Crippen LogP contribution is 2.22. The molecule has 1 amide bonds. The van der Waals surface area contributed by atoms with E-state index >= 15 is 0 Å². The molecule has 3 rings (SSSR count). The van der Waals surface area contributed by atoms with Crippen LogP contribution in [0.5, 0.6) is 0 Å². The molecular formula is C19H14Cl2N2O. The van der Waals surface area contributed by atoms with Crippen LogP contribution < -0.4 is 4.90 Å². The normalized spacial score (nSPS) is 10.4. The van der Waals surface area contributed by atoms with E-state index in [4.69, 9.17) is 23.2 Å². The molecule has 0 N–H and O–H groups in total. The van der Waals surface area contributed by atoms with Gasteiger partial charge >= 0.3 is 0 Å². The molecule has 3 nitrogen and oxygen atoms in total. The fourth-order valence-electron chi connectivity index (χ4n) is 2.32. The minimum absolute atomic E-state index is 0.162. The van der Waals surface area contributed by atoms with Gasteiger partial charge < -0.3 is 0 Å². The van der Waals surface area contributed by atoms with Crippen molar-refractivity contribution in [1.29, 1.82) is 0 Å². The van der Waals surface area contributed by atoms with Crippen LogP contribution in [0.3, 0.4) is 0 Å². The molecule has 3 aromatic rings. The minimum Gasteiger partial charge on any atom is -0.288 e. The van der Waals surface area contributed by atoms with Gasteiger partial charge in [-0.1, -0.05) is 47.5 Å². The van der Waals surface area contributed by atoms with Crippen molar-refractivity contribution in [2.24, 2.45) is 0 Å². The smallest absolute Gasteiger partial charge is 0.259 e. The van der Waals surface area contributed by atoms with Crippen molar-refractivity contribution in [3.05, 3.63) is 94.1 Å². The molecule has 1 heterocycles. The number of carbonyl (C=O) groups is 1. The maximum atomic E-state index is 13.0. The van der Waals surface area contributed by atoms with Gasteiger partial charge in [-0.3, -0.25) is 9.69 Å². The summed E-state index contributed by atoms with van der Waals surface area (Å²) >= 11 is 12.2. The van der Waals surface area contributed by atoms with E-state index < -0.39 is 0 Å². The molecule has 5 heteroatoms. The van der Waals surface area contributed by atoms with E-state index in [0.717, 1.165) is 5.56 Å². The van der Waals surface area contributed by atoms with Crippen molar-refractivity contribution >= 4 is 34.9 Å². The number of rotatable bonds is 4. The number of aromatic nitrogens is 1. The number of benzene rings is 2. The number of anilines is 1. The fraction of sp³-hybridized carbons (Fsp3) is 0.0526. The number of amides is 1. The number of hydrogen-bond acceptors (Lipinski definition) is 2. The van der Waals surface area contributed by atoms with E-state index in [1.165, 1.54) is 0 Å². The Balaban J connectivity index is 1.97. The molecule has 0 radical (unpaired) electrons. The molecule has 0 aliphatic rings. The second kappa shape index (κ2) is 7.47. The van der Waals surface area contributed by atoms with Crippen LogP contribution >= 0.6 is 23.2 Å². The molecule has 1 aromatic heterocycles. The first kappa shape index (κ1) is 16.5. The van der Waals surface area contributed by atoms with Gasteiger partial charge in [0.1, 0.15) is 5.82 Å². The van der Waals surface area contributed by atoms with Gasteiger partial charge in [-0.15, -0.1) is 0 Å². The maximum absolute atomic E-state index is 13.0. The molecule has 0 unspecified atom stereocenters. The summed E-state index contributed by atoms with van der Waals surface area (Å²) in [5, 5.41) is 1.20. The lowest BCUT2D eigenvalue weighted by Crippen LogP contribution is -2.31. The average Bonchev–Trinajstić information content (AvgIpc) is 2.62. The van der Waals surface area contributed by atoms with Crippen LogP contribution in [0.1, 0.15) is 15.9 Å². The second-order valence-corrected chi connectivity index (χ2v) is 6.02. The molecule has 0 atom stereocenters. The first-order chi connectivity index (χ1) is 11.6. The number of hydrogen-bond donors (Lipinski definition) is 0. The zero-order chi connectivity index (χ0) is 16.9. The quantitative estimate of drug-likeness (QED) is 0.640. The number of carbonyl (C=O) groups excluding carboxylic acids is 1. The Morgan fingerprint density at radius 3 is 2.29 bits per heavy atom. The van der Waals surface area contributed by atoms with Crippen molar-refractivity contribution < 1.29 is 4.79 Å². The maximum Gasteiger partial charge on any atom is 0.259 e. The largest absolute Gasteiger partial charge is 0.288 e. The van der Waals surface area contributed by atoms with Crippen LogP contribution in [0.2, 0.25) is 10.0 Å². The molecule has 120 valence electrons. The topological polar surface area (TPSA) is 33.2 Å². The van der Waals surface area contributed by atoms with Crippen LogP contribution in [-0.2, 0) is 6.54 Å². The van der Waals surface area contributed by atoms with Gasteiger partial charge in [0.25, 0.3) is 5.91 Å². The minimum atomic E-state index is -0.162. The number of halogens is 2. The van der Waals surface area contributed by atoms with E-state index in [2.05, 4.69) is 4.98 Å². The molecule has 0 aliphatic carbocycles. The molecule has 0 fully saturated rings. The summed E-state index contributed by atoms with van der Waals surface area (Å²) in [6.07, 6.45) is 1.66. The van der Waals surface area contributed by atoms with Crippen LogP contribution in [0.4, 0.5) is 5.82 Å². The van der Waals surface area contributed by atoms with Gasteiger partial charge in [-0.25, -0.2) is 4.98 Å². The van der Waals surface area contributed by atoms with E-state index in [-0.39, 0.29) is 5.91 Å². The molecular weight excluding hydrogens is 343 g/mol. The van der Waals surface area contributed by atoms with Crippen LogP contribution in [0.15, 0.2) is 72.9 Å². The molecule has 24 heavy (non-hydrogen) atoms. The number of nitrogens with zero attached hydrogens (tertiary/aromatic N) is 2. The third-order valence-electron chi connectivity index (χ3n) is 3.55. The van der Waals surface area contributed by atoms with E-state index in [9.17, 15) is 4.79 Å². The lowest BCUT2D eigenvalue weighted by atomic mass is 10.1. The molecule has 0 saturated carbocycles. The highest BCUT2D eigenvalue weighted by Gasteiger charge is 2.20. The Labute approximate surface area is 150 Å². The molecule has 0 spiro atoms. The molecule has 2 aromatic carbocycles. The molecule has 0 aliphatic heterocycles. The van der Waals surface area contributed by atoms with Crippen molar-refractivity contribution in [2.75, 3.05) is 4.90 Å². The summed E-state index contributed by atoms with van der Waals surface area (Å²) < 4.78 is 0. The SMILES string of the molecule is O=C(c1ccc(Cl)cc1)N(Cc1ccccc1Cl)c1ccccn1.